The third-order valence-corrected chi connectivity index (χ3v) is 5.12. The van der Waals surface area contributed by atoms with Gasteiger partial charge in [-0.15, -0.1) is 11.3 Å². The lowest BCUT2D eigenvalue weighted by Crippen LogP contribution is -2.12. The largest absolute Gasteiger partial charge is 0.489 e. The molecule has 0 aliphatic heterocycles. The van der Waals surface area contributed by atoms with Gasteiger partial charge in [0.05, 0.1) is 21.2 Å². The lowest BCUT2D eigenvalue weighted by Gasteiger charge is -2.11. The van der Waals surface area contributed by atoms with E-state index in [4.69, 9.17) is 16.3 Å². The average molecular weight is 426 g/mol. The highest BCUT2D eigenvalue weighted by Crippen LogP contribution is 2.34. The molecule has 1 aromatic heterocycles. The highest BCUT2D eigenvalue weighted by molar-refractivity contribution is 7.12. The minimum Gasteiger partial charge on any atom is -0.489 e. The predicted molar refractivity (Wildman–Crippen MR) is 104 cm³/mol. The SMILES string of the molecule is Cc1cccc(OCc2csc(C(=O)Nc3cc(C(F)(F)F)ccc3Cl)c2)c1. The van der Waals surface area contributed by atoms with Gasteiger partial charge < -0.3 is 10.1 Å². The number of alkyl halides is 3. The van der Waals surface area contributed by atoms with Crippen LogP contribution in [0.4, 0.5) is 18.9 Å². The molecule has 1 N–H and O–H groups in total. The summed E-state index contributed by atoms with van der Waals surface area (Å²) in [6.07, 6.45) is -4.52. The summed E-state index contributed by atoms with van der Waals surface area (Å²) in [6, 6.07) is 12.0. The van der Waals surface area contributed by atoms with Crippen molar-refractivity contribution in [2.24, 2.45) is 0 Å². The number of carbonyl (C=O) groups excluding carboxylic acids is 1. The fourth-order valence-electron chi connectivity index (χ4n) is 2.42. The van der Waals surface area contributed by atoms with Crippen molar-refractivity contribution in [1.82, 2.24) is 0 Å². The topological polar surface area (TPSA) is 38.3 Å². The zero-order valence-electron chi connectivity index (χ0n) is 14.6. The number of nitrogens with one attached hydrogen (secondary N) is 1. The second-order valence-corrected chi connectivity index (χ2v) is 7.39. The highest BCUT2D eigenvalue weighted by Gasteiger charge is 2.31. The number of hydrogen-bond acceptors (Lipinski definition) is 3. The lowest BCUT2D eigenvalue weighted by molar-refractivity contribution is -0.137. The van der Waals surface area contributed by atoms with E-state index in [0.717, 1.165) is 29.3 Å². The van der Waals surface area contributed by atoms with Crippen molar-refractivity contribution in [3.8, 4) is 5.75 Å². The third kappa shape index (κ3) is 5.05. The smallest absolute Gasteiger partial charge is 0.416 e. The van der Waals surface area contributed by atoms with Crippen molar-refractivity contribution in [3.63, 3.8) is 0 Å². The number of benzene rings is 2. The molecule has 3 rings (SSSR count). The molecule has 0 bridgehead atoms. The molecule has 1 heterocycles. The Morgan fingerprint density at radius 3 is 2.68 bits per heavy atom. The highest BCUT2D eigenvalue weighted by atomic mass is 35.5. The summed E-state index contributed by atoms with van der Waals surface area (Å²) in [6.45, 7) is 2.23. The van der Waals surface area contributed by atoms with E-state index >= 15 is 0 Å². The van der Waals surface area contributed by atoms with Crippen LogP contribution in [0.3, 0.4) is 0 Å². The van der Waals surface area contributed by atoms with Crippen LogP contribution in [-0.4, -0.2) is 5.91 Å². The number of anilines is 1. The van der Waals surface area contributed by atoms with Gasteiger partial charge in [-0.1, -0.05) is 23.7 Å². The van der Waals surface area contributed by atoms with Crippen molar-refractivity contribution in [2.75, 3.05) is 5.32 Å². The molecule has 1 amide bonds. The van der Waals surface area contributed by atoms with Gasteiger partial charge in [0.15, 0.2) is 0 Å². The van der Waals surface area contributed by atoms with Gasteiger partial charge in [-0.05, 0) is 54.3 Å². The van der Waals surface area contributed by atoms with Crippen LogP contribution in [0.2, 0.25) is 5.02 Å². The molecule has 3 aromatic rings. The van der Waals surface area contributed by atoms with Crippen LogP contribution in [0.5, 0.6) is 5.75 Å². The van der Waals surface area contributed by atoms with Crippen LogP contribution in [0.25, 0.3) is 0 Å². The number of carbonyl (C=O) groups is 1. The Balaban J connectivity index is 1.67. The number of hydrogen-bond donors (Lipinski definition) is 1. The standard InChI is InChI=1S/C20H15ClF3NO2S/c1-12-3-2-4-15(7-12)27-10-13-8-18(28-11-13)19(26)25-17-9-14(20(22,23)24)5-6-16(17)21/h2-9,11H,10H2,1H3,(H,25,26). The number of rotatable bonds is 5. The number of aryl methyl sites for hydroxylation is 1. The van der Waals surface area contributed by atoms with Gasteiger partial charge >= 0.3 is 6.18 Å². The summed E-state index contributed by atoms with van der Waals surface area (Å²) in [7, 11) is 0. The van der Waals surface area contributed by atoms with Crippen molar-refractivity contribution in [1.29, 1.82) is 0 Å². The lowest BCUT2D eigenvalue weighted by atomic mass is 10.2. The number of ether oxygens (including phenoxy) is 1. The Morgan fingerprint density at radius 1 is 1.18 bits per heavy atom. The van der Waals surface area contributed by atoms with E-state index in [1.54, 1.807) is 11.4 Å². The van der Waals surface area contributed by atoms with Gasteiger partial charge in [0.2, 0.25) is 0 Å². The van der Waals surface area contributed by atoms with Gasteiger partial charge in [0.25, 0.3) is 5.91 Å². The number of amides is 1. The Bertz CT molecular complexity index is 1000. The maximum Gasteiger partial charge on any atom is 0.416 e. The molecular weight excluding hydrogens is 411 g/mol. The third-order valence-electron chi connectivity index (χ3n) is 3.81. The van der Waals surface area contributed by atoms with E-state index in [9.17, 15) is 18.0 Å². The first-order valence-electron chi connectivity index (χ1n) is 8.17. The van der Waals surface area contributed by atoms with Crippen LogP contribution in [0, 0.1) is 6.92 Å². The van der Waals surface area contributed by atoms with E-state index in [1.807, 2.05) is 31.2 Å². The van der Waals surface area contributed by atoms with Crippen molar-refractivity contribution in [2.45, 2.75) is 19.7 Å². The summed E-state index contributed by atoms with van der Waals surface area (Å²) >= 11 is 7.09. The van der Waals surface area contributed by atoms with Crippen molar-refractivity contribution in [3.05, 3.63) is 80.5 Å². The zero-order chi connectivity index (χ0) is 20.3. The second-order valence-electron chi connectivity index (χ2n) is 6.07. The Kier molecular flexibility index (Phi) is 5.96. The molecule has 0 unspecified atom stereocenters. The molecule has 3 nitrogen and oxygen atoms in total. The molecule has 0 saturated heterocycles. The quantitative estimate of drug-likeness (QED) is 0.502. The Labute approximate surface area is 168 Å². The molecule has 0 aliphatic rings. The number of halogens is 4. The summed E-state index contributed by atoms with van der Waals surface area (Å²) in [4.78, 5) is 12.7. The molecule has 0 atom stereocenters. The summed E-state index contributed by atoms with van der Waals surface area (Å²) < 4.78 is 44.2. The fraction of sp³-hybridized carbons (Fsp3) is 0.150. The molecule has 28 heavy (non-hydrogen) atoms. The van der Waals surface area contributed by atoms with Gasteiger partial charge in [0, 0.05) is 5.56 Å². The van der Waals surface area contributed by atoms with Crippen LogP contribution in [-0.2, 0) is 12.8 Å². The first kappa shape index (κ1) is 20.2. The van der Waals surface area contributed by atoms with Gasteiger partial charge in [0.1, 0.15) is 12.4 Å². The minimum atomic E-state index is -4.52. The van der Waals surface area contributed by atoms with Gasteiger partial charge in [-0.2, -0.15) is 13.2 Å². The maximum atomic E-state index is 12.8. The molecule has 0 aliphatic carbocycles. The van der Waals surface area contributed by atoms with Crippen LogP contribution in [0.15, 0.2) is 53.9 Å². The first-order valence-corrected chi connectivity index (χ1v) is 9.43. The monoisotopic (exact) mass is 425 g/mol. The van der Waals surface area contributed by atoms with Gasteiger partial charge in [-0.3, -0.25) is 4.79 Å². The Morgan fingerprint density at radius 2 is 1.96 bits per heavy atom. The van der Waals surface area contributed by atoms with E-state index in [-0.39, 0.29) is 17.3 Å². The Hall–Kier alpha value is -2.51. The molecule has 0 fully saturated rings. The molecule has 0 radical (unpaired) electrons. The summed E-state index contributed by atoms with van der Waals surface area (Å²) in [5.74, 6) is 0.181. The zero-order valence-corrected chi connectivity index (χ0v) is 16.2. The summed E-state index contributed by atoms with van der Waals surface area (Å²) in [5.41, 5.74) is 0.880. The predicted octanol–water partition coefficient (Wildman–Crippen LogP) is 6.56. The van der Waals surface area contributed by atoms with E-state index in [2.05, 4.69) is 5.32 Å². The first-order chi connectivity index (χ1) is 13.2. The molecular formula is C20H15ClF3NO2S. The normalized spacial score (nSPS) is 11.3. The number of thiophene rings is 1. The average Bonchev–Trinajstić information content (AvgIpc) is 3.10. The second kappa shape index (κ2) is 8.24. The maximum absolute atomic E-state index is 12.8. The fourth-order valence-corrected chi connectivity index (χ4v) is 3.38. The van der Waals surface area contributed by atoms with E-state index < -0.39 is 17.6 Å². The minimum absolute atomic E-state index is 0.0286. The van der Waals surface area contributed by atoms with Crippen molar-refractivity contribution >= 4 is 34.5 Å². The molecule has 146 valence electrons. The molecule has 8 heteroatoms. The van der Waals surface area contributed by atoms with Gasteiger partial charge in [-0.25, -0.2) is 0 Å². The van der Waals surface area contributed by atoms with Crippen LogP contribution >= 0.6 is 22.9 Å². The van der Waals surface area contributed by atoms with Crippen LogP contribution < -0.4 is 10.1 Å². The molecule has 0 spiro atoms. The molecule has 0 saturated carbocycles. The van der Waals surface area contributed by atoms with Crippen LogP contribution in [0.1, 0.15) is 26.4 Å². The summed E-state index contributed by atoms with van der Waals surface area (Å²) in [5, 5.41) is 4.22. The van der Waals surface area contributed by atoms with Crippen molar-refractivity contribution < 1.29 is 22.7 Å². The van der Waals surface area contributed by atoms with E-state index in [0.29, 0.717) is 10.6 Å². The van der Waals surface area contributed by atoms with E-state index in [1.165, 1.54) is 11.3 Å². The molecule has 2 aromatic carbocycles.